The van der Waals surface area contributed by atoms with Crippen molar-refractivity contribution in [2.45, 2.75) is 25.0 Å². The summed E-state index contributed by atoms with van der Waals surface area (Å²) in [5.74, 6) is -0.180. The van der Waals surface area contributed by atoms with Gasteiger partial charge in [0.1, 0.15) is 0 Å². The Morgan fingerprint density at radius 3 is 2.64 bits per heavy atom. The first-order valence-electron chi connectivity index (χ1n) is 7.29. The summed E-state index contributed by atoms with van der Waals surface area (Å²) in [5, 5.41) is 0.159. The first kappa shape index (κ1) is 17.2. The Morgan fingerprint density at radius 1 is 1.41 bits per heavy atom. The van der Waals surface area contributed by atoms with E-state index in [1.54, 1.807) is 17.0 Å². The zero-order valence-corrected chi connectivity index (χ0v) is 14.3. The zero-order chi connectivity index (χ0) is 16.3. The molecule has 0 bridgehead atoms. The van der Waals surface area contributed by atoms with Crippen molar-refractivity contribution in [1.29, 1.82) is 0 Å². The van der Waals surface area contributed by atoms with Gasteiger partial charge in [0, 0.05) is 24.0 Å². The number of hydrogen-bond acceptors (Lipinski definition) is 3. The molecule has 1 amide bonds. The van der Waals surface area contributed by atoms with Crippen molar-refractivity contribution >= 4 is 27.5 Å². The van der Waals surface area contributed by atoms with Crippen LogP contribution in [0.25, 0.3) is 0 Å². The lowest BCUT2D eigenvalue weighted by atomic mass is 10.00. The van der Waals surface area contributed by atoms with Gasteiger partial charge in [-0.2, -0.15) is 0 Å². The molecule has 1 fully saturated rings. The Balaban J connectivity index is 1.96. The van der Waals surface area contributed by atoms with Crippen molar-refractivity contribution in [2.24, 2.45) is 5.92 Å². The van der Waals surface area contributed by atoms with Gasteiger partial charge in [0.2, 0.25) is 15.9 Å². The van der Waals surface area contributed by atoms with Crippen molar-refractivity contribution in [3.63, 3.8) is 0 Å². The van der Waals surface area contributed by atoms with Gasteiger partial charge in [0.25, 0.3) is 0 Å². The highest BCUT2D eigenvalue weighted by molar-refractivity contribution is 7.90. The van der Waals surface area contributed by atoms with Gasteiger partial charge >= 0.3 is 0 Å². The van der Waals surface area contributed by atoms with Crippen LogP contribution in [-0.4, -0.2) is 44.6 Å². The van der Waals surface area contributed by atoms with Gasteiger partial charge in [-0.25, -0.2) is 13.1 Å². The number of nitrogens with one attached hydrogen (secondary N) is 1. The lowest BCUT2D eigenvalue weighted by molar-refractivity contribution is -0.133. The van der Waals surface area contributed by atoms with E-state index >= 15 is 0 Å². The molecule has 0 saturated carbocycles. The van der Waals surface area contributed by atoms with E-state index in [0.717, 1.165) is 5.56 Å². The smallest absolute Gasteiger partial charge is 0.225 e. The lowest BCUT2D eigenvalue weighted by Crippen LogP contribution is -2.38. The Morgan fingerprint density at radius 2 is 2.05 bits per heavy atom. The molecule has 1 saturated heterocycles. The maximum Gasteiger partial charge on any atom is 0.225 e. The van der Waals surface area contributed by atoms with E-state index in [4.69, 9.17) is 11.6 Å². The minimum atomic E-state index is -3.31. The molecule has 2 rings (SSSR count). The molecular formula is C15H21ClN2O3S. The molecule has 1 heterocycles. The molecule has 0 spiro atoms. The summed E-state index contributed by atoms with van der Waals surface area (Å²) in [6, 6.07) is 7.42. The summed E-state index contributed by atoms with van der Waals surface area (Å²) >= 11 is 5.85. The molecule has 1 aromatic carbocycles. The van der Waals surface area contributed by atoms with Crippen LogP contribution in [0.5, 0.6) is 0 Å². The standard InChI is InChI=1S/C15H21ClN2O3S/c1-11(9-12-3-5-13(16)6-4-12)15(19)18-8-7-14(10-18)22(20,21)17-2/h3-6,11,14,17H,7-10H2,1-2H3/t11-,14-/m0/s1. The fourth-order valence-corrected chi connectivity index (χ4v) is 3.97. The van der Waals surface area contributed by atoms with Crippen molar-refractivity contribution in [3.8, 4) is 0 Å². The van der Waals surface area contributed by atoms with Crippen molar-refractivity contribution in [1.82, 2.24) is 9.62 Å². The molecule has 0 aliphatic carbocycles. The highest BCUT2D eigenvalue weighted by Crippen LogP contribution is 2.20. The summed E-state index contributed by atoms with van der Waals surface area (Å²) in [5.41, 5.74) is 1.05. The number of sulfonamides is 1. The largest absolute Gasteiger partial charge is 0.341 e. The van der Waals surface area contributed by atoms with E-state index in [-0.39, 0.29) is 18.4 Å². The van der Waals surface area contributed by atoms with E-state index in [2.05, 4.69) is 4.72 Å². The van der Waals surface area contributed by atoms with Crippen LogP contribution in [0.4, 0.5) is 0 Å². The number of nitrogens with zero attached hydrogens (tertiary/aromatic N) is 1. The monoisotopic (exact) mass is 344 g/mol. The van der Waals surface area contributed by atoms with Gasteiger partial charge in [-0.05, 0) is 37.6 Å². The van der Waals surface area contributed by atoms with E-state index in [1.165, 1.54) is 7.05 Å². The summed E-state index contributed by atoms with van der Waals surface area (Å²) in [4.78, 5) is 14.1. The van der Waals surface area contributed by atoms with E-state index in [1.807, 2.05) is 19.1 Å². The fourth-order valence-electron chi connectivity index (χ4n) is 2.72. The third-order valence-electron chi connectivity index (χ3n) is 4.06. The molecule has 1 N–H and O–H groups in total. The molecule has 122 valence electrons. The van der Waals surface area contributed by atoms with Crippen LogP contribution in [0.2, 0.25) is 5.02 Å². The van der Waals surface area contributed by atoms with Crippen LogP contribution in [0.3, 0.4) is 0 Å². The molecule has 1 aliphatic heterocycles. The SMILES string of the molecule is CNS(=O)(=O)[C@H]1CCN(C(=O)[C@@H](C)Cc2ccc(Cl)cc2)C1. The normalized spacial score (nSPS) is 20.1. The number of carbonyl (C=O) groups is 1. The summed E-state index contributed by atoms with van der Waals surface area (Å²) in [6.45, 7) is 2.64. The first-order chi connectivity index (χ1) is 10.3. The van der Waals surface area contributed by atoms with Gasteiger partial charge in [-0.1, -0.05) is 30.7 Å². The third-order valence-corrected chi connectivity index (χ3v) is 6.14. The third kappa shape index (κ3) is 4.00. The molecule has 7 heteroatoms. The molecule has 22 heavy (non-hydrogen) atoms. The van der Waals surface area contributed by atoms with Gasteiger partial charge in [-0.3, -0.25) is 4.79 Å². The number of halogens is 1. The first-order valence-corrected chi connectivity index (χ1v) is 9.21. The Labute approximate surface area is 136 Å². The van der Waals surface area contributed by atoms with Gasteiger partial charge in [0.05, 0.1) is 5.25 Å². The lowest BCUT2D eigenvalue weighted by Gasteiger charge is -2.21. The van der Waals surface area contributed by atoms with Crippen LogP contribution in [0, 0.1) is 5.92 Å². The predicted octanol–water partition coefficient (Wildman–Crippen LogP) is 1.67. The second-order valence-corrected chi connectivity index (χ2v) is 8.28. The Bertz CT molecular complexity index is 631. The second kappa shape index (κ2) is 6.98. The number of likely N-dealkylation sites (tertiary alicyclic amines) is 1. The summed E-state index contributed by atoms with van der Waals surface area (Å²) in [6.07, 6.45) is 1.11. The number of benzene rings is 1. The number of hydrogen-bond donors (Lipinski definition) is 1. The molecule has 1 aliphatic rings. The molecule has 0 unspecified atom stereocenters. The molecule has 0 radical (unpaired) electrons. The fraction of sp³-hybridized carbons (Fsp3) is 0.533. The van der Waals surface area contributed by atoms with Crippen LogP contribution in [0.15, 0.2) is 24.3 Å². The number of rotatable bonds is 5. The maximum atomic E-state index is 12.5. The van der Waals surface area contributed by atoms with E-state index in [0.29, 0.717) is 24.4 Å². The van der Waals surface area contributed by atoms with Gasteiger partial charge in [-0.15, -0.1) is 0 Å². The number of amides is 1. The minimum absolute atomic E-state index is 0.00348. The molecule has 1 aromatic rings. The molecule has 0 aromatic heterocycles. The predicted molar refractivity (Wildman–Crippen MR) is 87.3 cm³/mol. The summed E-state index contributed by atoms with van der Waals surface area (Å²) < 4.78 is 25.9. The Hall–Kier alpha value is -1.11. The topological polar surface area (TPSA) is 66.5 Å². The molecule has 5 nitrogen and oxygen atoms in total. The number of carbonyl (C=O) groups excluding carboxylic acids is 1. The molecule has 2 atom stereocenters. The van der Waals surface area contributed by atoms with Gasteiger partial charge in [0.15, 0.2) is 0 Å². The van der Waals surface area contributed by atoms with Crippen LogP contribution >= 0.6 is 11.6 Å². The van der Waals surface area contributed by atoms with E-state index < -0.39 is 15.3 Å². The second-order valence-electron chi connectivity index (χ2n) is 5.68. The quantitative estimate of drug-likeness (QED) is 0.883. The molecular weight excluding hydrogens is 324 g/mol. The van der Waals surface area contributed by atoms with Crippen molar-refractivity contribution in [3.05, 3.63) is 34.9 Å². The van der Waals surface area contributed by atoms with Crippen LogP contribution in [-0.2, 0) is 21.2 Å². The van der Waals surface area contributed by atoms with Crippen LogP contribution in [0.1, 0.15) is 18.9 Å². The average Bonchev–Trinajstić information content (AvgIpc) is 2.99. The average molecular weight is 345 g/mol. The maximum absolute atomic E-state index is 12.5. The van der Waals surface area contributed by atoms with Crippen molar-refractivity contribution in [2.75, 3.05) is 20.1 Å². The van der Waals surface area contributed by atoms with Crippen LogP contribution < -0.4 is 4.72 Å². The highest BCUT2D eigenvalue weighted by Gasteiger charge is 2.35. The Kier molecular flexibility index (Phi) is 5.47. The van der Waals surface area contributed by atoms with Crippen molar-refractivity contribution < 1.29 is 13.2 Å². The van der Waals surface area contributed by atoms with Gasteiger partial charge < -0.3 is 4.90 Å². The summed E-state index contributed by atoms with van der Waals surface area (Å²) in [7, 11) is -1.91. The van der Waals surface area contributed by atoms with E-state index in [9.17, 15) is 13.2 Å². The highest BCUT2D eigenvalue weighted by atomic mass is 35.5. The zero-order valence-electron chi connectivity index (χ0n) is 12.8. The minimum Gasteiger partial charge on any atom is -0.341 e.